The van der Waals surface area contributed by atoms with E-state index < -0.39 is 0 Å². The van der Waals surface area contributed by atoms with Crippen LogP contribution in [-0.4, -0.2) is 37.7 Å². The number of nitrogens with one attached hydrogen (secondary N) is 2. The molecule has 0 spiro atoms. The number of amides is 1. The van der Waals surface area contributed by atoms with Crippen molar-refractivity contribution in [2.45, 2.75) is 32.4 Å². The van der Waals surface area contributed by atoms with Crippen LogP contribution in [0, 0.1) is 18.3 Å². The van der Waals surface area contributed by atoms with Crippen molar-refractivity contribution in [1.82, 2.24) is 10.6 Å². The number of carbonyl (C=O) groups is 1. The van der Waals surface area contributed by atoms with Crippen molar-refractivity contribution in [2.24, 2.45) is 5.92 Å². The molecule has 0 bridgehead atoms. The van der Waals surface area contributed by atoms with Crippen LogP contribution in [0.1, 0.15) is 20.3 Å². The lowest BCUT2D eigenvalue weighted by Gasteiger charge is -2.23. The van der Waals surface area contributed by atoms with Crippen LogP contribution in [0.2, 0.25) is 0 Å². The van der Waals surface area contributed by atoms with E-state index in [9.17, 15) is 4.79 Å². The smallest absolute Gasteiger partial charge is 0.237 e. The second kappa shape index (κ2) is 6.51. The van der Waals surface area contributed by atoms with Crippen molar-refractivity contribution in [3.8, 4) is 12.3 Å². The summed E-state index contributed by atoms with van der Waals surface area (Å²) < 4.78 is 5.32. The van der Waals surface area contributed by atoms with Crippen LogP contribution in [-0.2, 0) is 9.53 Å². The van der Waals surface area contributed by atoms with E-state index >= 15 is 0 Å². The molecular weight excluding hydrogens is 204 g/mol. The summed E-state index contributed by atoms with van der Waals surface area (Å²) in [6, 6.07) is 0.0676. The Morgan fingerprint density at radius 3 is 2.94 bits per heavy atom. The predicted octanol–water partition coefficient (Wildman–Crippen LogP) is 0.139. The lowest BCUT2D eigenvalue weighted by molar-refractivity contribution is -0.122. The summed E-state index contributed by atoms with van der Waals surface area (Å²) in [5.74, 6) is 2.83. The molecule has 1 fully saturated rings. The molecule has 2 N–H and O–H groups in total. The molecule has 1 saturated heterocycles. The predicted molar refractivity (Wildman–Crippen MR) is 62.8 cm³/mol. The number of carbonyl (C=O) groups excluding carboxylic acids is 1. The summed E-state index contributed by atoms with van der Waals surface area (Å²) in [7, 11) is 0. The zero-order valence-electron chi connectivity index (χ0n) is 9.95. The van der Waals surface area contributed by atoms with E-state index in [0.717, 1.165) is 19.6 Å². The van der Waals surface area contributed by atoms with Gasteiger partial charge in [0, 0.05) is 12.6 Å². The number of ether oxygens (including phenoxy) is 1. The summed E-state index contributed by atoms with van der Waals surface area (Å²) in [6.07, 6.45) is 6.14. The van der Waals surface area contributed by atoms with Crippen molar-refractivity contribution in [3.05, 3.63) is 0 Å². The maximum atomic E-state index is 11.6. The van der Waals surface area contributed by atoms with Crippen LogP contribution in [0.15, 0.2) is 0 Å². The number of hydrogen-bond acceptors (Lipinski definition) is 3. The Morgan fingerprint density at radius 2 is 2.38 bits per heavy atom. The van der Waals surface area contributed by atoms with Gasteiger partial charge in [0.05, 0.1) is 19.2 Å². The van der Waals surface area contributed by atoms with Gasteiger partial charge in [0.2, 0.25) is 5.91 Å². The minimum absolute atomic E-state index is 0.0521. The monoisotopic (exact) mass is 224 g/mol. The molecule has 0 aliphatic carbocycles. The van der Waals surface area contributed by atoms with Gasteiger partial charge in [-0.15, -0.1) is 6.42 Å². The van der Waals surface area contributed by atoms with Crippen LogP contribution in [0.4, 0.5) is 0 Å². The van der Waals surface area contributed by atoms with Gasteiger partial charge in [0.15, 0.2) is 0 Å². The van der Waals surface area contributed by atoms with E-state index in [1.54, 1.807) is 0 Å². The standard InChI is InChI=1S/C12H20N2O2/c1-4-6-13-12(15)10(3)14-9(2)11-5-7-16-8-11/h1,9-11,14H,5-8H2,2-3H3,(H,13,15). The first-order chi connectivity index (χ1) is 7.65. The molecule has 1 rings (SSSR count). The van der Waals surface area contributed by atoms with Gasteiger partial charge in [-0.05, 0) is 26.2 Å². The fourth-order valence-electron chi connectivity index (χ4n) is 1.84. The van der Waals surface area contributed by atoms with E-state index in [2.05, 4.69) is 23.5 Å². The third kappa shape index (κ3) is 3.84. The van der Waals surface area contributed by atoms with E-state index in [1.807, 2.05) is 6.92 Å². The zero-order valence-corrected chi connectivity index (χ0v) is 9.95. The highest BCUT2D eigenvalue weighted by Crippen LogP contribution is 2.16. The van der Waals surface area contributed by atoms with E-state index in [4.69, 9.17) is 11.2 Å². The highest BCUT2D eigenvalue weighted by atomic mass is 16.5. The zero-order chi connectivity index (χ0) is 12.0. The lowest BCUT2D eigenvalue weighted by Crippen LogP contribution is -2.48. The Morgan fingerprint density at radius 1 is 1.62 bits per heavy atom. The third-order valence-corrected chi connectivity index (χ3v) is 2.94. The summed E-state index contributed by atoms with van der Waals surface area (Å²) in [5, 5.41) is 5.93. The first-order valence-corrected chi connectivity index (χ1v) is 5.70. The van der Waals surface area contributed by atoms with Gasteiger partial charge in [-0.1, -0.05) is 5.92 Å². The summed E-state index contributed by atoms with van der Waals surface area (Å²) in [5.41, 5.74) is 0. The first kappa shape index (κ1) is 13.0. The number of terminal acetylenes is 1. The molecule has 3 atom stereocenters. The van der Waals surface area contributed by atoms with E-state index in [-0.39, 0.29) is 24.5 Å². The van der Waals surface area contributed by atoms with Gasteiger partial charge in [0.25, 0.3) is 0 Å². The second-order valence-electron chi connectivity index (χ2n) is 4.22. The normalized spacial score (nSPS) is 23.4. The Balaban J connectivity index is 2.29. The average molecular weight is 224 g/mol. The summed E-state index contributed by atoms with van der Waals surface area (Å²) in [4.78, 5) is 11.6. The Bertz CT molecular complexity index is 267. The summed E-state index contributed by atoms with van der Waals surface area (Å²) >= 11 is 0. The quantitative estimate of drug-likeness (QED) is 0.653. The topological polar surface area (TPSA) is 50.4 Å². The number of hydrogen-bond donors (Lipinski definition) is 2. The molecule has 4 nitrogen and oxygen atoms in total. The van der Waals surface area contributed by atoms with Gasteiger partial charge in [-0.2, -0.15) is 0 Å². The van der Waals surface area contributed by atoms with Crippen molar-refractivity contribution in [1.29, 1.82) is 0 Å². The minimum Gasteiger partial charge on any atom is -0.381 e. The molecule has 90 valence electrons. The molecular formula is C12H20N2O2. The van der Waals surface area contributed by atoms with Crippen LogP contribution < -0.4 is 10.6 Å². The molecule has 0 aromatic rings. The van der Waals surface area contributed by atoms with Crippen molar-refractivity contribution in [2.75, 3.05) is 19.8 Å². The van der Waals surface area contributed by atoms with Crippen molar-refractivity contribution < 1.29 is 9.53 Å². The van der Waals surface area contributed by atoms with E-state index in [1.165, 1.54) is 0 Å². The van der Waals surface area contributed by atoms with Crippen LogP contribution >= 0.6 is 0 Å². The van der Waals surface area contributed by atoms with Crippen LogP contribution in [0.5, 0.6) is 0 Å². The molecule has 0 aromatic heterocycles. The maximum Gasteiger partial charge on any atom is 0.237 e. The Kier molecular flexibility index (Phi) is 5.30. The molecule has 0 aromatic carbocycles. The van der Waals surface area contributed by atoms with Crippen molar-refractivity contribution >= 4 is 5.91 Å². The van der Waals surface area contributed by atoms with Gasteiger partial charge >= 0.3 is 0 Å². The second-order valence-corrected chi connectivity index (χ2v) is 4.22. The highest BCUT2D eigenvalue weighted by Gasteiger charge is 2.24. The summed E-state index contributed by atoms with van der Waals surface area (Å²) in [6.45, 7) is 5.83. The minimum atomic E-state index is -0.219. The maximum absolute atomic E-state index is 11.6. The highest BCUT2D eigenvalue weighted by molar-refractivity contribution is 5.81. The largest absolute Gasteiger partial charge is 0.381 e. The van der Waals surface area contributed by atoms with Gasteiger partial charge in [-0.25, -0.2) is 0 Å². The molecule has 1 heterocycles. The molecule has 4 heteroatoms. The molecule has 1 aliphatic heterocycles. The van der Waals surface area contributed by atoms with Gasteiger partial charge < -0.3 is 15.4 Å². The van der Waals surface area contributed by atoms with E-state index in [0.29, 0.717) is 5.92 Å². The molecule has 1 aliphatic rings. The Labute approximate surface area is 97.1 Å². The average Bonchev–Trinajstić information content (AvgIpc) is 2.79. The molecule has 16 heavy (non-hydrogen) atoms. The van der Waals surface area contributed by atoms with Crippen LogP contribution in [0.3, 0.4) is 0 Å². The van der Waals surface area contributed by atoms with Crippen LogP contribution in [0.25, 0.3) is 0 Å². The fraction of sp³-hybridized carbons (Fsp3) is 0.750. The van der Waals surface area contributed by atoms with Crippen molar-refractivity contribution in [3.63, 3.8) is 0 Å². The van der Waals surface area contributed by atoms with Gasteiger partial charge in [0.1, 0.15) is 0 Å². The molecule has 0 radical (unpaired) electrons. The third-order valence-electron chi connectivity index (χ3n) is 2.94. The molecule has 3 unspecified atom stereocenters. The molecule has 0 saturated carbocycles. The first-order valence-electron chi connectivity index (χ1n) is 5.70. The SMILES string of the molecule is C#CCNC(=O)C(C)NC(C)C1CCOC1. The number of rotatable bonds is 5. The Hall–Kier alpha value is -1.05. The molecule has 1 amide bonds. The fourth-order valence-corrected chi connectivity index (χ4v) is 1.84. The van der Waals surface area contributed by atoms with Gasteiger partial charge in [-0.3, -0.25) is 4.79 Å². The lowest BCUT2D eigenvalue weighted by atomic mass is 10.00.